The molecule has 1 aliphatic carbocycles. The molecule has 0 heterocycles. The van der Waals surface area contributed by atoms with Crippen LogP contribution in [-0.2, 0) is 0 Å². The Morgan fingerprint density at radius 3 is 2.58 bits per heavy atom. The van der Waals surface area contributed by atoms with Crippen LogP contribution in [0.5, 0.6) is 0 Å². The van der Waals surface area contributed by atoms with Gasteiger partial charge >= 0.3 is 0 Å². The highest BCUT2D eigenvalue weighted by molar-refractivity contribution is 4.79. The van der Waals surface area contributed by atoms with E-state index in [-0.39, 0.29) is 6.67 Å². The van der Waals surface area contributed by atoms with Crippen LogP contribution in [0.2, 0.25) is 0 Å². The van der Waals surface area contributed by atoms with E-state index in [1.165, 1.54) is 19.3 Å². The molecule has 0 aromatic carbocycles. The molecule has 3 unspecified atom stereocenters. The lowest BCUT2D eigenvalue weighted by molar-refractivity contribution is 0.224. The summed E-state index contributed by atoms with van der Waals surface area (Å²) in [5, 5.41) is 3.25. The fourth-order valence-electron chi connectivity index (χ4n) is 1.99. The minimum atomic E-state index is -0.236. The highest BCUT2D eigenvalue weighted by Gasteiger charge is 2.23. The lowest BCUT2D eigenvalue weighted by Gasteiger charge is -2.32. The maximum Gasteiger partial charge on any atom is 0.102 e. The Labute approximate surface area is 74.7 Å². The second-order valence-electron chi connectivity index (χ2n) is 4.11. The molecule has 0 spiro atoms. The van der Waals surface area contributed by atoms with Gasteiger partial charge in [0.05, 0.1) is 0 Å². The van der Waals surface area contributed by atoms with Gasteiger partial charge in [-0.3, -0.25) is 0 Å². The molecule has 1 N–H and O–H groups in total. The minimum absolute atomic E-state index is 0.236. The zero-order chi connectivity index (χ0) is 8.97. The Kier molecular flexibility index (Phi) is 3.99. The smallest absolute Gasteiger partial charge is 0.102 e. The van der Waals surface area contributed by atoms with Gasteiger partial charge in [-0.05, 0) is 31.1 Å². The zero-order valence-corrected chi connectivity index (χ0v) is 8.15. The van der Waals surface area contributed by atoms with Gasteiger partial charge in [0.1, 0.15) is 6.67 Å². The molecule has 1 fully saturated rings. The first-order valence-corrected chi connectivity index (χ1v) is 5.03. The van der Waals surface area contributed by atoms with Crippen LogP contribution in [0.15, 0.2) is 0 Å². The number of halogens is 1. The van der Waals surface area contributed by atoms with E-state index in [4.69, 9.17) is 0 Å². The average molecular weight is 173 g/mol. The molecule has 2 heteroatoms. The number of rotatable bonds is 3. The molecule has 12 heavy (non-hydrogen) atoms. The van der Waals surface area contributed by atoms with Gasteiger partial charge in [-0.2, -0.15) is 0 Å². The van der Waals surface area contributed by atoms with E-state index in [2.05, 4.69) is 19.2 Å². The van der Waals surface area contributed by atoms with Crippen molar-refractivity contribution in [3.05, 3.63) is 0 Å². The molecule has 72 valence electrons. The summed E-state index contributed by atoms with van der Waals surface area (Å²) in [5.41, 5.74) is 0. The number of hydrogen-bond donors (Lipinski definition) is 1. The maximum absolute atomic E-state index is 11.9. The van der Waals surface area contributed by atoms with E-state index in [1.807, 2.05) is 0 Å². The Hall–Kier alpha value is -0.110. The molecule has 0 amide bonds. The van der Waals surface area contributed by atoms with Crippen molar-refractivity contribution in [1.29, 1.82) is 0 Å². The molecule has 1 aliphatic rings. The third-order valence-electron chi connectivity index (χ3n) is 3.13. The lowest BCUT2D eigenvalue weighted by Crippen LogP contribution is -2.37. The normalized spacial score (nSPS) is 36.8. The Morgan fingerprint density at radius 2 is 2.00 bits per heavy atom. The van der Waals surface area contributed by atoms with Gasteiger partial charge in [0.25, 0.3) is 0 Å². The summed E-state index contributed by atoms with van der Waals surface area (Å²) in [6, 6.07) is 0.576. The number of alkyl halides is 1. The Balaban J connectivity index is 2.21. The first-order chi connectivity index (χ1) is 5.74. The van der Waals surface area contributed by atoms with Gasteiger partial charge in [-0.25, -0.2) is 4.39 Å². The zero-order valence-electron chi connectivity index (χ0n) is 8.15. The Morgan fingerprint density at radius 1 is 1.25 bits per heavy atom. The summed E-state index contributed by atoms with van der Waals surface area (Å²) < 4.78 is 11.9. The molecule has 0 aliphatic heterocycles. The first-order valence-electron chi connectivity index (χ1n) is 5.03. The third kappa shape index (κ3) is 2.74. The van der Waals surface area contributed by atoms with Gasteiger partial charge in [0.2, 0.25) is 0 Å². The second-order valence-corrected chi connectivity index (χ2v) is 4.11. The Bertz CT molecular complexity index is 125. The van der Waals surface area contributed by atoms with E-state index in [0.29, 0.717) is 12.6 Å². The van der Waals surface area contributed by atoms with Crippen molar-refractivity contribution in [3.63, 3.8) is 0 Å². The van der Waals surface area contributed by atoms with Gasteiger partial charge in [0.15, 0.2) is 0 Å². The van der Waals surface area contributed by atoms with Crippen molar-refractivity contribution in [2.24, 2.45) is 11.8 Å². The molecule has 1 rings (SSSR count). The van der Waals surface area contributed by atoms with E-state index < -0.39 is 0 Å². The SMILES string of the molecule is CC1CCC(NCCF)CC1C. The van der Waals surface area contributed by atoms with E-state index in [9.17, 15) is 4.39 Å². The van der Waals surface area contributed by atoms with E-state index in [1.54, 1.807) is 0 Å². The highest BCUT2D eigenvalue weighted by Crippen LogP contribution is 2.28. The maximum atomic E-state index is 11.9. The van der Waals surface area contributed by atoms with Crippen LogP contribution < -0.4 is 5.32 Å². The predicted octanol–water partition coefficient (Wildman–Crippen LogP) is 2.37. The summed E-state index contributed by atoms with van der Waals surface area (Å²) in [4.78, 5) is 0. The molecule has 0 radical (unpaired) electrons. The molecular weight excluding hydrogens is 153 g/mol. The van der Waals surface area contributed by atoms with Crippen LogP contribution in [0.3, 0.4) is 0 Å². The molecule has 1 saturated carbocycles. The van der Waals surface area contributed by atoms with Crippen LogP contribution in [-0.4, -0.2) is 19.3 Å². The molecule has 0 bridgehead atoms. The summed E-state index contributed by atoms with van der Waals surface area (Å²) in [6.07, 6.45) is 3.75. The minimum Gasteiger partial charge on any atom is -0.311 e. The van der Waals surface area contributed by atoms with Gasteiger partial charge < -0.3 is 5.32 Å². The van der Waals surface area contributed by atoms with Crippen molar-refractivity contribution >= 4 is 0 Å². The fourth-order valence-corrected chi connectivity index (χ4v) is 1.99. The standard InChI is InChI=1S/C10H20FN/c1-8-3-4-10(7-9(8)2)12-6-5-11/h8-10,12H,3-7H2,1-2H3. The molecule has 3 atom stereocenters. The van der Waals surface area contributed by atoms with Crippen LogP contribution >= 0.6 is 0 Å². The monoisotopic (exact) mass is 173 g/mol. The average Bonchev–Trinajstić information content (AvgIpc) is 2.07. The third-order valence-corrected chi connectivity index (χ3v) is 3.13. The number of nitrogens with one attached hydrogen (secondary N) is 1. The molecule has 1 nitrogen and oxygen atoms in total. The molecule has 0 aromatic rings. The van der Waals surface area contributed by atoms with E-state index in [0.717, 1.165) is 11.8 Å². The van der Waals surface area contributed by atoms with Gasteiger partial charge in [0, 0.05) is 12.6 Å². The van der Waals surface area contributed by atoms with Gasteiger partial charge in [-0.1, -0.05) is 13.8 Å². The summed E-state index contributed by atoms with van der Waals surface area (Å²) >= 11 is 0. The largest absolute Gasteiger partial charge is 0.311 e. The topological polar surface area (TPSA) is 12.0 Å². The van der Waals surface area contributed by atoms with Crippen molar-refractivity contribution in [2.75, 3.05) is 13.2 Å². The molecule has 0 saturated heterocycles. The summed E-state index contributed by atoms with van der Waals surface area (Å²) in [6.45, 7) is 4.91. The highest BCUT2D eigenvalue weighted by atomic mass is 19.1. The van der Waals surface area contributed by atoms with E-state index >= 15 is 0 Å². The van der Waals surface area contributed by atoms with Crippen LogP contribution in [0.1, 0.15) is 33.1 Å². The van der Waals surface area contributed by atoms with Crippen molar-refractivity contribution < 1.29 is 4.39 Å². The quantitative estimate of drug-likeness (QED) is 0.691. The van der Waals surface area contributed by atoms with Gasteiger partial charge in [-0.15, -0.1) is 0 Å². The van der Waals surface area contributed by atoms with Crippen molar-refractivity contribution in [2.45, 2.75) is 39.2 Å². The summed E-state index contributed by atoms with van der Waals surface area (Å²) in [7, 11) is 0. The molecular formula is C10H20FN. The van der Waals surface area contributed by atoms with Crippen molar-refractivity contribution in [1.82, 2.24) is 5.32 Å². The first kappa shape index (κ1) is 9.97. The predicted molar refractivity (Wildman–Crippen MR) is 49.9 cm³/mol. The second kappa shape index (κ2) is 4.80. The molecule has 0 aromatic heterocycles. The summed E-state index contributed by atoms with van der Waals surface area (Å²) in [5.74, 6) is 1.66. The van der Waals surface area contributed by atoms with Crippen molar-refractivity contribution in [3.8, 4) is 0 Å². The fraction of sp³-hybridized carbons (Fsp3) is 1.00. The lowest BCUT2D eigenvalue weighted by atomic mass is 9.79. The van der Waals surface area contributed by atoms with Crippen LogP contribution in [0, 0.1) is 11.8 Å². The van der Waals surface area contributed by atoms with Crippen LogP contribution in [0.4, 0.5) is 4.39 Å². The van der Waals surface area contributed by atoms with Crippen LogP contribution in [0.25, 0.3) is 0 Å². The number of hydrogen-bond acceptors (Lipinski definition) is 1.